The standard InChI is InChI=1S/C31H63/c1-4-7-9-11-13-14-15-16-17-18-19-20-21-22-24-26-28-30-31(6-3)29-27-25-23-12-10-8-5-2/h31H,3-30H2,1-2H3. The zero-order valence-corrected chi connectivity index (χ0v) is 22.4. The van der Waals surface area contributed by atoms with Crippen LogP contribution in [0.25, 0.3) is 0 Å². The zero-order valence-electron chi connectivity index (χ0n) is 22.4. The van der Waals surface area contributed by atoms with Crippen molar-refractivity contribution in [2.45, 2.75) is 187 Å². The summed E-state index contributed by atoms with van der Waals surface area (Å²) in [5.41, 5.74) is 0. The summed E-state index contributed by atoms with van der Waals surface area (Å²) < 4.78 is 0. The molecule has 0 aliphatic carbocycles. The van der Waals surface area contributed by atoms with Crippen LogP contribution in [0, 0.1) is 12.8 Å². The fourth-order valence-corrected chi connectivity index (χ4v) is 4.98. The maximum absolute atomic E-state index is 4.22. The van der Waals surface area contributed by atoms with Gasteiger partial charge in [0.1, 0.15) is 0 Å². The van der Waals surface area contributed by atoms with Crippen LogP contribution in [-0.4, -0.2) is 0 Å². The van der Waals surface area contributed by atoms with Crippen molar-refractivity contribution in [2.24, 2.45) is 5.92 Å². The zero-order chi connectivity index (χ0) is 22.7. The molecule has 0 aromatic heterocycles. The first-order valence-corrected chi connectivity index (χ1v) is 15.1. The molecule has 0 nitrogen and oxygen atoms in total. The third-order valence-electron chi connectivity index (χ3n) is 7.34. The highest BCUT2D eigenvalue weighted by molar-refractivity contribution is 4.62. The number of hydrogen-bond acceptors (Lipinski definition) is 0. The molecule has 1 unspecified atom stereocenters. The molecular formula is C31H63. The molecule has 0 aliphatic heterocycles. The van der Waals surface area contributed by atoms with Gasteiger partial charge in [0, 0.05) is 0 Å². The number of hydrogen-bond donors (Lipinski definition) is 0. The molecule has 0 aromatic rings. The highest BCUT2D eigenvalue weighted by Crippen LogP contribution is 2.22. The largest absolute Gasteiger partial charge is 0.0654 e. The van der Waals surface area contributed by atoms with E-state index < -0.39 is 0 Å². The maximum Gasteiger partial charge on any atom is -0.0414 e. The average molecular weight is 436 g/mol. The Morgan fingerprint density at radius 1 is 0.355 bits per heavy atom. The first-order chi connectivity index (χ1) is 15.3. The molecule has 0 aromatic carbocycles. The van der Waals surface area contributed by atoms with E-state index in [-0.39, 0.29) is 0 Å². The predicted octanol–water partition coefficient (Wildman–Crippen LogP) is 12.0. The molecule has 0 amide bonds. The van der Waals surface area contributed by atoms with Gasteiger partial charge in [0.05, 0.1) is 0 Å². The fraction of sp³-hybridized carbons (Fsp3) is 0.968. The van der Waals surface area contributed by atoms with Gasteiger partial charge in [-0.25, -0.2) is 0 Å². The number of rotatable bonds is 27. The van der Waals surface area contributed by atoms with Crippen LogP contribution in [0.4, 0.5) is 0 Å². The molecule has 0 aliphatic rings. The van der Waals surface area contributed by atoms with Gasteiger partial charge in [-0.05, 0) is 5.92 Å². The van der Waals surface area contributed by atoms with Crippen LogP contribution in [0.1, 0.15) is 187 Å². The van der Waals surface area contributed by atoms with E-state index in [4.69, 9.17) is 0 Å². The molecule has 1 atom stereocenters. The Morgan fingerprint density at radius 3 is 0.806 bits per heavy atom. The molecular weight excluding hydrogens is 372 g/mol. The second kappa shape index (κ2) is 28.0. The lowest BCUT2D eigenvalue weighted by atomic mass is 9.92. The molecule has 0 heteroatoms. The lowest BCUT2D eigenvalue weighted by Gasteiger charge is -2.14. The second-order valence-electron chi connectivity index (χ2n) is 10.5. The van der Waals surface area contributed by atoms with Gasteiger partial charge in [-0.1, -0.05) is 194 Å². The Labute approximate surface area is 200 Å². The van der Waals surface area contributed by atoms with E-state index in [0.717, 1.165) is 12.3 Å². The predicted molar refractivity (Wildman–Crippen MR) is 145 cm³/mol. The quantitative estimate of drug-likeness (QED) is 0.112. The molecule has 0 saturated carbocycles. The van der Waals surface area contributed by atoms with Crippen molar-refractivity contribution < 1.29 is 0 Å². The van der Waals surface area contributed by atoms with Crippen molar-refractivity contribution >= 4 is 0 Å². The molecule has 187 valence electrons. The van der Waals surface area contributed by atoms with Crippen molar-refractivity contribution in [1.82, 2.24) is 0 Å². The van der Waals surface area contributed by atoms with Gasteiger partial charge in [0.15, 0.2) is 0 Å². The highest BCUT2D eigenvalue weighted by Gasteiger charge is 2.06. The van der Waals surface area contributed by atoms with Crippen molar-refractivity contribution in [3.8, 4) is 0 Å². The molecule has 31 heavy (non-hydrogen) atoms. The summed E-state index contributed by atoms with van der Waals surface area (Å²) in [4.78, 5) is 0. The van der Waals surface area contributed by atoms with E-state index in [0.29, 0.717) is 0 Å². The van der Waals surface area contributed by atoms with Crippen LogP contribution < -0.4 is 0 Å². The van der Waals surface area contributed by atoms with E-state index in [1.54, 1.807) is 0 Å². The molecule has 0 fully saturated rings. The van der Waals surface area contributed by atoms with Gasteiger partial charge in [0.25, 0.3) is 0 Å². The van der Waals surface area contributed by atoms with Gasteiger partial charge < -0.3 is 0 Å². The summed E-state index contributed by atoms with van der Waals surface area (Å²) in [5, 5.41) is 0. The minimum atomic E-state index is 0.909. The summed E-state index contributed by atoms with van der Waals surface area (Å²) in [6.45, 7) is 8.83. The topological polar surface area (TPSA) is 0 Å². The third-order valence-corrected chi connectivity index (χ3v) is 7.34. The molecule has 1 radical (unpaired) electrons. The Hall–Kier alpha value is 0. The van der Waals surface area contributed by atoms with Crippen molar-refractivity contribution in [3.05, 3.63) is 6.92 Å². The van der Waals surface area contributed by atoms with E-state index in [1.165, 1.54) is 167 Å². The summed E-state index contributed by atoms with van der Waals surface area (Å²) in [7, 11) is 0. The van der Waals surface area contributed by atoms with E-state index in [2.05, 4.69) is 20.8 Å². The second-order valence-corrected chi connectivity index (χ2v) is 10.5. The van der Waals surface area contributed by atoms with E-state index in [9.17, 15) is 0 Å². The lowest BCUT2D eigenvalue weighted by Crippen LogP contribution is -1.99. The van der Waals surface area contributed by atoms with Crippen molar-refractivity contribution in [3.63, 3.8) is 0 Å². The van der Waals surface area contributed by atoms with Crippen LogP contribution in [-0.2, 0) is 0 Å². The fourth-order valence-electron chi connectivity index (χ4n) is 4.98. The summed E-state index contributed by atoms with van der Waals surface area (Å²) in [6, 6.07) is 0. The normalized spacial score (nSPS) is 12.5. The van der Waals surface area contributed by atoms with Gasteiger partial charge in [-0.2, -0.15) is 0 Å². The summed E-state index contributed by atoms with van der Waals surface area (Å²) in [6.07, 6.45) is 39.1. The Morgan fingerprint density at radius 2 is 0.581 bits per heavy atom. The first kappa shape index (κ1) is 31.0. The monoisotopic (exact) mass is 435 g/mol. The van der Waals surface area contributed by atoms with Crippen LogP contribution in [0.5, 0.6) is 0 Å². The third kappa shape index (κ3) is 26.1. The van der Waals surface area contributed by atoms with Crippen LogP contribution in [0.3, 0.4) is 0 Å². The van der Waals surface area contributed by atoms with Crippen molar-refractivity contribution in [1.29, 1.82) is 0 Å². The Bertz CT molecular complexity index is 294. The molecule has 0 spiro atoms. The molecule has 0 heterocycles. The highest BCUT2D eigenvalue weighted by atomic mass is 14.1. The number of unbranched alkanes of at least 4 members (excludes halogenated alkanes) is 22. The smallest absolute Gasteiger partial charge is 0.0414 e. The molecule has 0 N–H and O–H groups in total. The van der Waals surface area contributed by atoms with Gasteiger partial charge >= 0.3 is 0 Å². The van der Waals surface area contributed by atoms with Crippen LogP contribution in [0.15, 0.2) is 0 Å². The Balaban J connectivity index is 3.21. The van der Waals surface area contributed by atoms with Gasteiger partial charge in [-0.3, -0.25) is 0 Å². The molecule has 0 rings (SSSR count). The van der Waals surface area contributed by atoms with Crippen LogP contribution in [0.2, 0.25) is 0 Å². The molecule has 0 bridgehead atoms. The SMILES string of the molecule is [CH2]CC(CCCCCCCCC)CCCCCCCCCCCCCCCCCCC. The summed E-state index contributed by atoms with van der Waals surface area (Å²) in [5.74, 6) is 0.909. The average Bonchev–Trinajstić information content (AvgIpc) is 2.79. The van der Waals surface area contributed by atoms with Crippen molar-refractivity contribution in [2.75, 3.05) is 0 Å². The lowest BCUT2D eigenvalue weighted by molar-refractivity contribution is 0.404. The minimum Gasteiger partial charge on any atom is -0.0654 e. The van der Waals surface area contributed by atoms with E-state index in [1.807, 2.05) is 0 Å². The molecule has 0 saturated heterocycles. The van der Waals surface area contributed by atoms with E-state index >= 15 is 0 Å². The summed E-state index contributed by atoms with van der Waals surface area (Å²) >= 11 is 0. The maximum atomic E-state index is 4.22. The van der Waals surface area contributed by atoms with Crippen LogP contribution >= 0.6 is 0 Å². The minimum absolute atomic E-state index is 0.909. The van der Waals surface area contributed by atoms with Gasteiger partial charge in [0.2, 0.25) is 0 Å². The Kier molecular flexibility index (Phi) is 28.0. The van der Waals surface area contributed by atoms with Gasteiger partial charge in [-0.15, -0.1) is 0 Å². The first-order valence-electron chi connectivity index (χ1n) is 15.1.